The summed E-state index contributed by atoms with van der Waals surface area (Å²) in [6.45, 7) is 7.19. The maximum Gasteiger partial charge on any atom is 0.279 e. The first kappa shape index (κ1) is 20.7. The molecule has 2 aromatic carbocycles. The van der Waals surface area contributed by atoms with Crippen molar-refractivity contribution >= 4 is 6.02 Å². The fraction of sp³-hybridized carbons (Fsp3) is 0.292. The van der Waals surface area contributed by atoms with Crippen molar-refractivity contribution in [3.8, 4) is 28.5 Å². The first-order valence-electron chi connectivity index (χ1n) is 10.1. The van der Waals surface area contributed by atoms with Gasteiger partial charge in [0.05, 0.1) is 24.4 Å². The predicted octanol–water partition coefficient (Wildman–Crippen LogP) is 4.72. The molecule has 3 N–H and O–H groups in total. The van der Waals surface area contributed by atoms with Gasteiger partial charge in [0.25, 0.3) is 6.02 Å². The Morgan fingerprint density at radius 3 is 2.52 bits per heavy atom. The lowest BCUT2D eigenvalue weighted by molar-refractivity contribution is 0.197. The van der Waals surface area contributed by atoms with E-state index in [1.807, 2.05) is 36.4 Å². The van der Waals surface area contributed by atoms with Crippen molar-refractivity contribution in [1.29, 1.82) is 5.41 Å². The predicted molar refractivity (Wildman–Crippen MR) is 119 cm³/mol. The molecule has 0 unspecified atom stereocenters. The van der Waals surface area contributed by atoms with Crippen LogP contribution in [0.25, 0.3) is 11.3 Å². The van der Waals surface area contributed by atoms with Gasteiger partial charge in [0.2, 0.25) is 0 Å². The summed E-state index contributed by atoms with van der Waals surface area (Å²) in [6, 6.07) is 11.4. The Balaban J connectivity index is 1.73. The minimum absolute atomic E-state index is 0.0434. The van der Waals surface area contributed by atoms with Crippen molar-refractivity contribution in [3.05, 3.63) is 66.1 Å². The third-order valence-electron chi connectivity index (χ3n) is 4.90. The molecule has 7 nitrogen and oxygen atoms in total. The molecular weight excluding hydrogens is 392 g/mol. The van der Waals surface area contributed by atoms with Crippen molar-refractivity contribution in [3.63, 3.8) is 0 Å². The standard InChI is InChI=1S/C24H26N4O3/c1-24(2,3)14-30-16-5-7-22-18(11-16)19(13-29-23(25)26)17-10-15(4-6-21(17)31-22)20-12-27-8-9-28-20/h4-12,19H,13-14H2,1-3H3,(H3,25,26)/t19-/m1/s1. The highest BCUT2D eigenvalue weighted by Crippen LogP contribution is 2.46. The van der Waals surface area contributed by atoms with Crippen LogP contribution in [-0.4, -0.2) is 29.2 Å². The number of rotatable bonds is 5. The van der Waals surface area contributed by atoms with Crippen LogP contribution in [0.15, 0.2) is 55.0 Å². The van der Waals surface area contributed by atoms with Gasteiger partial charge in [-0.2, -0.15) is 0 Å². The summed E-state index contributed by atoms with van der Waals surface area (Å²) >= 11 is 0. The number of nitrogens with one attached hydrogen (secondary N) is 1. The second-order valence-corrected chi connectivity index (χ2v) is 8.72. The van der Waals surface area contributed by atoms with E-state index in [0.717, 1.165) is 39.6 Å². The van der Waals surface area contributed by atoms with Gasteiger partial charge in [-0.1, -0.05) is 20.8 Å². The molecule has 0 bridgehead atoms. The summed E-state index contributed by atoms with van der Waals surface area (Å²) in [5, 5.41) is 7.52. The Kier molecular flexibility index (Phi) is 5.50. The number of amidine groups is 1. The van der Waals surface area contributed by atoms with E-state index in [-0.39, 0.29) is 24.0 Å². The summed E-state index contributed by atoms with van der Waals surface area (Å²) in [5.41, 5.74) is 9.08. The zero-order valence-electron chi connectivity index (χ0n) is 17.9. The Hall–Kier alpha value is -3.61. The number of fused-ring (bicyclic) bond motifs is 2. The highest BCUT2D eigenvalue weighted by Gasteiger charge is 2.29. The maximum absolute atomic E-state index is 7.52. The summed E-state index contributed by atoms with van der Waals surface area (Å²) in [6.07, 6.45) is 5.03. The third-order valence-corrected chi connectivity index (χ3v) is 4.90. The first-order valence-corrected chi connectivity index (χ1v) is 10.1. The largest absolute Gasteiger partial charge is 0.493 e. The molecule has 0 fully saturated rings. The molecule has 31 heavy (non-hydrogen) atoms. The molecule has 0 radical (unpaired) electrons. The highest BCUT2D eigenvalue weighted by atomic mass is 16.5. The lowest BCUT2D eigenvalue weighted by atomic mass is 9.87. The van der Waals surface area contributed by atoms with E-state index in [4.69, 9.17) is 25.4 Å². The van der Waals surface area contributed by atoms with Crippen LogP contribution in [0.3, 0.4) is 0 Å². The fourth-order valence-electron chi connectivity index (χ4n) is 3.44. The van der Waals surface area contributed by atoms with Crippen LogP contribution in [0.1, 0.15) is 37.8 Å². The molecule has 0 saturated carbocycles. The van der Waals surface area contributed by atoms with E-state index in [2.05, 4.69) is 30.7 Å². The van der Waals surface area contributed by atoms with Crippen LogP contribution in [-0.2, 0) is 4.74 Å². The second kappa shape index (κ2) is 8.26. The molecule has 3 aromatic rings. The van der Waals surface area contributed by atoms with Gasteiger partial charge in [-0.05, 0) is 41.8 Å². The SMILES string of the molecule is CC(C)(C)COc1ccc2c(c1)[C@H](COC(=N)N)c1cc(-c3cnccn3)ccc1O2. The van der Waals surface area contributed by atoms with Gasteiger partial charge in [-0.3, -0.25) is 15.4 Å². The van der Waals surface area contributed by atoms with Crippen molar-refractivity contribution in [2.45, 2.75) is 26.7 Å². The van der Waals surface area contributed by atoms with Gasteiger partial charge in [-0.25, -0.2) is 0 Å². The summed E-state index contributed by atoms with van der Waals surface area (Å²) < 4.78 is 17.6. The van der Waals surface area contributed by atoms with Gasteiger partial charge >= 0.3 is 0 Å². The van der Waals surface area contributed by atoms with Gasteiger partial charge < -0.3 is 19.9 Å². The third kappa shape index (κ3) is 4.77. The van der Waals surface area contributed by atoms with Crippen molar-refractivity contribution in [2.75, 3.05) is 13.2 Å². The average molecular weight is 418 g/mol. The van der Waals surface area contributed by atoms with Crippen molar-refractivity contribution in [2.24, 2.45) is 11.1 Å². The van der Waals surface area contributed by atoms with E-state index in [9.17, 15) is 0 Å². The molecule has 1 aliphatic heterocycles. The molecule has 2 heterocycles. The molecule has 160 valence electrons. The van der Waals surface area contributed by atoms with E-state index < -0.39 is 0 Å². The lowest BCUT2D eigenvalue weighted by Gasteiger charge is -2.29. The quantitative estimate of drug-likeness (QED) is 0.459. The average Bonchev–Trinajstić information content (AvgIpc) is 2.75. The minimum Gasteiger partial charge on any atom is -0.493 e. The van der Waals surface area contributed by atoms with Gasteiger partial charge in [0.15, 0.2) is 0 Å². The number of aromatic nitrogens is 2. The Labute approximate surface area is 181 Å². The summed E-state index contributed by atoms with van der Waals surface area (Å²) in [4.78, 5) is 8.55. The number of ether oxygens (including phenoxy) is 3. The zero-order valence-corrected chi connectivity index (χ0v) is 17.9. The molecule has 4 rings (SSSR count). The van der Waals surface area contributed by atoms with Crippen LogP contribution in [0.2, 0.25) is 0 Å². The molecule has 1 aromatic heterocycles. The molecule has 0 spiro atoms. The van der Waals surface area contributed by atoms with E-state index in [1.165, 1.54) is 0 Å². The van der Waals surface area contributed by atoms with Crippen LogP contribution in [0.4, 0.5) is 0 Å². The van der Waals surface area contributed by atoms with Crippen molar-refractivity contribution in [1.82, 2.24) is 9.97 Å². The second-order valence-electron chi connectivity index (χ2n) is 8.72. The van der Waals surface area contributed by atoms with Crippen LogP contribution < -0.4 is 15.2 Å². The first-order chi connectivity index (χ1) is 14.8. The Bertz CT molecular complexity index is 1090. The van der Waals surface area contributed by atoms with Crippen LogP contribution in [0, 0.1) is 10.8 Å². The Morgan fingerprint density at radius 2 is 1.84 bits per heavy atom. The lowest BCUT2D eigenvalue weighted by Crippen LogP contribution is -2.22. The van der Waals surface area contributed by atoms with Crippen LogP contribution in [0.5, 0.6) is 17.2 Å². The minimum atomic E-state index is -0.320. The fourth-order valence-corrected chi connectivity index (χ4v) is 3.44. The Morgan fingerprint density at radius 1 is 1.10 bits per heavy atom. The van der Waals surface area contributed by atoms with Gasteiger partial charge in [-0.15, -0.1) is 0 Å². The van der Waals surface area contributed by atoms with E-state index in [0.29, 0.717) is 6.61 Å². The molecule has 0 amide bonds. The zero-order chi connectivity index (χ0) is 22.0. The van der Waals surface area contributed by atoms with Gasteiger partial charge in [0.1, 0.15) is 23.9 Å². The molecule has 1 aliphatic rings. The summed E-state index contributed by atoms with van der Waals surface area (Å²) in [7, 11) is 0. The number of benzene rings is 2. The van der Waals surface area contributed by atoms with Gasteiger partial charge in [0, 0.05) is 29.1 Å². The highest BCUT2D eigenvalue weighted by molar-refractivity contribution is 5.68. The topological polar surface area (TPSA) is 103 Å². The number of nitrogens with two attached hydrogens (primary N) is 1. The summed E-state index contributed by atoms with van der Waals surface area (Å²) in [5.74, 6) is 2.05. The molecule has 7 heteroatoms. The number of hydrogen-bond acceptors (Lipinski definition) is 6. The van der Waals surface area contributed by atoms with Crippen molar-refractivity contribution < 1.29 is 14.2 Å². The monoisotopic (exact) mass is 418 g/mol. The normalized spacial score (nSPS) is 14.7. The van der Waals surface area contributed by atoms with E-state index >= 15 is 0 Å². The maximum atomic E-state index is 7.52. The smallest absolute Gasteiger partial charge is 0.279 e. The number of hydrogen-bond donors (Lipinski definition) is 2. The number of nitrogens with zero attached hydrogens (tertiary/aromatic N) is 2. The van der Waals surface area contributed by atoms with Crippen LogP contribution >= 0.6 is 0 Å². The molecule has 1 atom stereocenters. The molecule has 0 aliphatic carbocycles. The molecule has 0 saturated heterocycles. The molecular formula is C24H26N4O3. The van der Waals surface area contributed by atoms with E-state index in [1.54, 1.807) is 18.6 Å².